The van der Waals surface area contributed by atoms with Gasteiger partial charge in [-0.05, 0) is 44.2 Å². The standard InChI is InChI=1S/C19H19F3N2O3/c1-12-6-8-16(9-7-12)27-13(2)17(25)24-15-5-3-4-14(10-15)18(26)23-11-19(20,21)22/h3-10,13H,11H2,1-2H3,(H,23,26)(H,24,25). The van der Waals surface area contributed by atoms with Crippen molar-refractivity contribution >= 4 is 17.5 Å². The summed E-state index contributed by atoms with van der Waals surface area (Å²) in [5.41, 5.74) is 1.34. The van der Waals surface area contributed by atoms with Gasteiger partial charge in [0.05, 0.1) is 0 Å². The van der Waals surface area contributed by atoms with E-state index in [1.54, 1.807) is 24.4 Å². The molecular formula is C19H19F3N2O3. The first-order valence-electron chi connectivity index (χ1n) is 8.13. The van der Waals surface area contributed by atoms with Gasteiger partial charge in [0, 0.05) is 11.3 Å². The fourth-order valence-corrected chi connectivity index (χ4v) is 2.14. The van der Waals surface area contributed by atoms with E-state index < -0.39 is 30.6 Å². The van der Waals surface area contributed by atoms with Crippen molar-refractivity contribution in [3.8, 4) is 5.75 Å². The summed E-state index contributed by atoms with van der Waals surface area (Å²) in [6.45, 7) is 2.07. The number of hydrogen-bond donors (Lipinski definition) is 2. The maximum Gasteiger partial charge on any atom is 0.405 e. The van der Waals surface area contributed by atoms with Gasteiger partial charge >= 0.3 is 6.18 Å². The number of amides is 2. The number of benzene rings is 2. The predicted molar refractivity (Wildman–Crippen MR) is 94.7 cm³/mol. The molecule has 8 heteroatoms. The highest BCUT2D eigenvalue weighted by molar-refractivity contribution is 5.98. The highest BCUT2D eigenvalue weighted by Crippen LogP contribution is 2.16. The Kier molecular flexibility index (Phi) is 6.44. The van der Waals surface area contributed by atoms with Crippen molar-refractivity contribution in [3.63, 3.8) is 0 Å². The van der Waals surface area contributed by atoms with Gasteiger partial charge in [-0.3, -0.25) is 9.59 Å². The lowest BCUT2D eigenvalue weighted by Crippen LogP contribution is -2.34. The Hall–Kier alpha value is -3.03. The summed E-state index contributed by atoms with van der Waals surface area (Å²) in [4.78, 5) is 24.0. The third-order valence-corrected chi connectivity index (χ3v) is 3.54. The van der Waals surface area contributed by atoms with Crippen molar-refractivity contribution in [1.82, 2.24) is 5.32 Å². The van der Waals surface area contributed by atoms with Gasteiger partial charge in [-0.15, -0.1) is 0 Å². The van der Waals surface area contributed by atoms with E-state index in [0.29, 0.717) is 5.75 Å². The molecule has 0 saturated heterocycles. The fourth-order valence-electron chi connectivity index (χ4n) is 2.14. The lowest BCUT2D eigenvalue weighted by Gasteiger charge is -2.15. The first kappa shape index (κ1) is 20.3. The number of nitrogens with one attached hydrogen (secondary N) is 2. The second-order valence-electron chi connectivity index (χ2n) is 5.94. The normalized spacial score (nSPS) is 12.2. The maximum atomic E-state index is 12.2. The van der Waals surface area contributed by atoms with Crippen molar-refractivity contribution in [2.24, 2.45) is 0 Å². The van der Waals surface area contributed by atoms with Crippen LogP contribution in [0.3, 0.4) is 0 Å². The monoisotopic (exact) mass is 380 g/mol. The minimum atomic E-state index is -4.50. The molecule has 0 spiro atoms. The summed E-state index contributed by atoms with van der Waals surface area (Å²) >= 11 is 0. The van der Waals surface area contributed by atoms with Crippen LogP contribution < -0.4 is 15.4 Å². The highest BCUT2D eigenvalue weighted by Gasteiger charge is 2.28. The molecule has 0 radical (unpaired) electrons. The summed E-state index contributed by atoms with van der Waals surface area (Å²) in [5, 5.41) is 4.35. The number of carbonyl (C=O) groups is 2. The van der Waals surface area contributed by atoms with Crippen LogP contribution in [0, 0.1) is 6.92 Å². The summed E-state index contributed by atoms with van der Waals surface area (Å²) in [7, 11) is 0. The molecule has 1 unspecified atom stereocenters. The number of ether oxygens (including phenoxy) is 1. The lowest BCUT2D eigenvalue weighted by molar-refractivity contribution is -0.123. The highest BCUT2D eigenvalue weighted by atomic mass is 19.4. The van der Waals surface area contributed by atoms with Gasteiger partial charge in [0.1, 0.15) is 12.3 Å². The summed E-state index contributed by atoms with van der Waals surface area (Å²) in [5.74, 6) is -0.806. The number of hydrogen-bond acceptors (Lipinski definition) is 3. The number of aryl methyl sites for hydroxylation is 1. The lowest BCUT2D eigenvalue weighted by atomic mass is 10.2. The number of halogens is 3. The Labute approximate surface area is 154 Å². The first-order chi connectivity index (χ1) is 12.6. The molecule has 144 valence electrons. The van der Waals surface area contributed by atoms with Crippen LogP contribution in [-0.2, 0) is 4.79 Å². The van der Waals surface area contributed by atoms with Crippen LogP contribution in [0.25, 0.3) is 0 Å². The molecule has 0 aromatic heterocycles. The van der Waals surface area contributed by atoms with Gasteiger partial charge in [0.25, 0.3) is 11.8 Å². The average molecular weight is 380 g/mol. The largest absolute Gasteiger partial charge is 0.481 e. The van der Waals surface area contributed by atoms with Crippen molar-refractivity contribution in [3.05, 3.63) is 59.7 Å². The SMILES string of the molecule is Cc1ccc(OC(C)C(=O)Nc2cccc(C(=O)NCC(F)(F)F)c2)cc1. The molecule has 2 rings (SSSR count). The van der Waals surface area contributed by atoms with E-state index in [1.165, 1.54) is 24.3 Å². The van der Waals surface area contributed by atoms with Gasteiger partial charge in [0.15, 0.2) is 6.10 Å². The third-order valence-electron chi connectivity index (χ3n) is 3.54. The van der Waals surface area contributed by atoms with E-state index in [-0.39, 0.29) is 11.3 Å². The van der Waals surface area contributed by atoms with Crippen LogP contribution in [0.2, 0.25) is 0 Å². The minimum absolute atomic E-state index is 0.00385. The fraction of sp³-hybridized carbons (Fsp3) is 0.263. The van der Waals surface area contributed by atoms with Crippen molar-refractivity contribution < 1.29 is 27.5 Å². The van der Waals surface area contributed by atoms with E-state index >= 15 is 0 Å². The minimum Gasteiger partial charge on any atom is -0.481 e. The molecule has 2 aromatic rings. The number of rotatable bonds is 6. The van der Waals surface area contributed by atoms with E-state index in [9.17, 15) is 22.8 Å². The molecule has 0 aliphatic carbocycles. The molecule has 2 aromatic carbocycles. The van der Waals surface area contributed by atoms with Gasteiger partial charge in [0.2, 0.25) is 0 Å². The van der Waals surface area contributed by atoms with Crippen LogP contribution >= 0.6 is 0 Å². The molecule has 27 heavy (non-hydrogen) atoms. The van der Waals surface area contributed by atoms with Crippen molar-refractivity contribution in [2.45, 2.75) is 26.1 Å². The Balaban J connectivity index is 1.97. The van der Waals surface area contributed by atoms with Gasteiger partial charge < -0.3 is 15.4 Å². The molecule has 0 aliphatic rings. The predicted octanol–water partition coefficient (Wildman–Crippen LogP) is 3.69. The van der Waals surface area contributed by atoms with E-state index in [1.807, 2.05) is 19.1 Å². The summed E-state index contributed by atoms with van der Waals surface area (Å²) in [6.07, 6.45) is -5.31. The molecule has 5 nitrogen and oxygen atoms in total. The van der Waals surface area contributed by atoms with E-state index in [2.05, 4.69) is 5.32 Å². The van der Waals surface area contributed by atoms with Gasteiger partial charge in [-0.25, -0.2) is 0 Å². The third kappa shape index (κ3) is 6.65. The van der Waals surface area contributed by atoms with Crippen LogP contribution in [0.15, 0.2) is 48.5 Å². The van der Waals surface area contributed by atoms with Crippen molar-refractivity contribution in [1.29, 1.82) is 0 Å². The van der Waals surface area contributed by atoms with Crippen LogP contribution in [0.5, 0.6) is 5.75 Å². The van der Waals surface area contributed by atoms with Crippen LogP contribution in [0.4, 0.5) is 18.9 Å². The molecule has 0 aliphatic heterocycles. The topological polar surface area (TPSA) is 67.4 Å². The van der Waals surface area contributed by atoms with E-state index in [4.69, 9.17) is 4.74 Å². The molecule has 2 amide bonds. The van der Waals surface area contributed by atoms with E-state index in [0.717, 1.165) is 5.56 Å². The second kappa shape index (κ2) is 8.57. The Bertz CT molecular complexity index is 805. The quantitative estimate of drug-likeness (QED) is 0.803. The molecular weight excluding hydrogens is 361 g/mol. The summed E-state index contributed by atoms with van der Waals surface area (Å²) in [6, 6.07) is 12.8. The number of anilines is 1. The molecule has 0 fully saturated rings. The Morgan fingerprint density at radius 1 is 1.11 bits per heavy atom. The number of carbonyl (C=O) groups excluding carboxylic acids is 2. The molecule has 0 saturated carbocycles. The average Bonchev–Trinajstić information content (AvgIpc) is 2.61. The Morgan fingerprint density at radius 3 is 2.41 bits per heavy atom. The summed E-state index contributed by atoms with van der Waals surface area (Å²) < 4.78 is 42.1. The van der Waals surface area contributed by atoms with Crippen molar-refractivity contribution in [2.75, 3.05) is 11.9 Å². The van der Waals surface area contributed by atoms with Gasteiger partial charge in [-0.1, -0.05) is 23.8 Å². The number of alkyl halides is 3. The zero-order valence-corrected chi connectivity index (χ0v) is 14.8. The van der Waals surface area contributed by atoms with Crippen LogP contribution in [0.1, 0.15) is 22.8 Å². The zero-order valence-electron chi connectivity index (χ0n) is 14.8. The molecule has 0 bridgehead atoms. The zero-order chi connectivity index (χ0) is 20.0. The van der Waals surface area contributed by atoms with Crippen LogP contribution in [-0.4, -0.2) is 30.6 Å². The first-order valence-corrected chi connectivity index (χ1v) is 8.13. The second-order valence-corrected chi connectivity index (χ2v) is 5.94. The van der Waals surface area contributed by atoms with Gasteiger partial charge in [-0.2, -0.15) is 13.2 Å². The smallest absolute Gasteiger partial charge is 0.405 e. The Morgan fingerprint density at radius 2 is 1.78 bits per heavy atom. The maximum absolute atomic E-state index is 12.2. The molecule has 0 heterocycles. The molecule has 1 atom stereocenters. The molecule has 2 N–H and O–H groups in total.